The molecule has 1 atom stereocenters. The van der Waals surface area contributed by atoms with Crippen LogP contribution in [0.5, 0.6) is 0 Å². The van der Waals surface area contributed by atoms with Crippen molar-refractivity contribution in [2.45, 2.75) is 12.5 Å². The van der Waals surface area contributed by atoms with E-state index >= 15 is 0 Å². The number of carbonyl (C=O) groups excluding carboxylic acids is 2. The molecule has 0 fully saturated rings. The highest BCUT2D eigenvalue weighted by Crippen LogP contribution is 2.21. The molecular formula is C25H24N2O3. The summed E-state index contributed by atoms with van der Waals surface area (Å²) in [6.45, 7) is 0. The number of methoxy groups -OCH3 is 1. The Balaban J connectivity index is 1.64. The molecule has 0 aliphatic heterocycles. The molecule has 30 heavy (non-hydrogen) atoms. The van der Waals surface area contributed by atoms with Crippen LogP contribution in [0.1, 0.15) is 5.56 Å². The van der Waals surface area contributed by atoms with Crippen LogP contribution in [0, 0.1) is 0 Å². The molecule has 0 aromatic heterocycles. The first-order valence-electron chi connectivity index (χ1n) is 9.67. The van der Waals surface area contributed by atoms with E-state index in [2.05, 4.69) is 15.4 Å². The molecule has 3 rings (SSSR count). The largest absolute Gasteiger partial charge is 0.466 e. The molecule has 0 aliphatic carbocycles. The SMILES string of the molecule is COC(=O)C=C[C@H](Cc1ccccc1)NC(=O)Nc1ccc(-c2ccccc2)cc1. The number of amides is 2. The summed E-state index contributed by atoms with van der Waals surface area (Å²) >= 11 is 0. The molecule has 0 unspecified atom stereocenters. The number of ether oxygens (including phenoxy) is 1. The average Bonchev–Trinajstić information content (AvgIpc) is 2.79. The first-order chi connectivity index (χ1) is 14.6. The highest BCUT2D eigenvalue weighted by Gasteiger charge is 2.11. The summed E-state index contributed by atoms with van der Waals surface area (Å²) in [5.41, 5.74) is 3.92. The highest BCUT2D eigenvalue weighted by molar-refractivity contribution is 5.90. The number of hydrogen-bond acceptors (Lipinski definition) is 3. The number of anilines is 1. The van der Waals surface area contributed by atoms with E-state index in [4.69, 9.17) is 0 Å². The van der Waals surface area contributed by atoms with Gasteiger partial charge in [0.25, 0.3) is 0 Å². The molecule has 2 N–H and O–H groups in total. The van der Waals surface area contributed by atoms with Gasteiger partial charge in [-0.2, -0.15) is 0 Å². The van der Waals surface area contributed by atoms with Crippen molar-refractivity contribution in [3.05, 3.63) is 103 Å². The van der Waals surface area contributed by atoms with Crippen LogP contribution in [0.15, 0.2) is 97.1 Å². The smallest absolute Gasteiger partial charge is 0.330 e. The molecule has 2 amide bonds. The third-order valence-corrected chi connectivity index (χ3v) is 4.53. The van der Waals surface area contributed by atoms with Crippen molar-refractivity contribution in [1.82, 2.24) is 5.32 Å². The normalized spacial score (nSPS) is 11.6. The molecule has 0 radical (unpaired) electrons. The molecule has 0 heterocycles. The molecule has 5 nitrogen and oxygen atoms in total. The second kappa shape index (κ2) is 10.6. The summed E-state index contributed by atoms with van der Waals surface area (Å²) in [6.07, 6.45) is 3.51. The van der Waals surface area contributed by atoms with Gasteiger partial charge in [-0.3, -0.25) is 0 Å². The number of rotatable bonds is 7. The Morgan fingerprint density at radius 3 is 2.10 bits per heavy atom. The van der Waals surface area contributed by atoms with Crippen molar-refractivity contribution >= 4 is 17.7 Å². The van der Waals surface area contributed by atoms with Gasteiger partial charge in [-0.05, 0) is 35.2 Å². The maximum Gasteiger partial charge on any atom is 0.330 e. The fourth-order valence-electron chi connectivity index (χ4n) is 3.01. The summed E-state index contributed by atoms with van der Waals surface area (Å²) in [5, 5.41) is 5.73. The Bertz CT molecular complexity index is 984. The second-order valence-electron chi connectivity index (χ2n) is 6.72. The summed E-state index contributed by atoms with van der Waals surface area (Å²) in [7, 11) is 1.32. The molecule has 152 valence electrons. The Morgan fingerprint density at radius 1 is 0.867 bits per heavy atom. The van der Waals surface area contributed by atoms with Crippen LogP contribution in [0.4, 0.5) is 10.5 Å². The van der Waals surface area contributed by atoms with Crippen molar-refractivity contribution in [2.24, 2.45) is 0 Å². The van der Waals surface area contributed by atoms with Crippen LogP contribution in [0.25, 0.3) is 11.1 Å². The molecule has 5 heteroatoms. The molecule has 0 aliphatic rings. The number of urea groups is 1. The van der Waals surface area contributed by atoms with Gasteiger partial charge in [-0.25, -0.2) is 9.59 Å². The lowest BCUT2D eigenvalue weighted by atomic mass is 10.1. The van der Waals surface area contributed by atoms with Gasteiger partial charge >= 0.3 is 12.0 Å². The minimum Gasteiger partial charge on any atom is -0.466 e. The van der Waals surface area contributed by atoms with Crippen LogP contribution in [0.2, 0.25) is 0 Å². The summed E-state index contributed by atoms with van der Waals surface area (Å²) in [5.74, 6) is -0.466. The average molecular weight is 400 g/mol. The Labute approximate surface area is 176 Å². The zero-order valence-corrected chi connectivity index (χ0v) is 16.7. The van der Waals surface area contributed by atoms with Crippen LogP contribution < -0.4 is 10.6 Å². The fraction of sp³-hybridized carbons (Fsp3) is 0.120. The predicted molar refractivity (Wildman–Crippen MR) is 119 cm³/mol. The highest BCUT2D eigenvalue weighted by atomic mass is 16.5. The maximum absolute atomic E-state index is 12.5. The van der Waals surface area contributed by atoms with E-state index in [1.807, 2.05) is 84.9 Å². The quantitative estimate of drug-likeness (QED) is 0.442. The van der Waals surface area contributed by atoms with E-state index in [1.165, 1.54) is 13.2 Å². The van der Waals surface area contributed by atoms with Crippen LogP contribution >= 0.6 is 0 Å². The van der Waals surface area contributed by atoms with E-state index < -0.39 is 5.97 Å². The maximum atomic E-state index is 12.5. The van der Waals surface area contributed by atoms with Crippen LogP contribution in [-0.4, -0.2) is 25.2 Å². The van der Waals surface area contributed by atoms with Gasteiger partial charge in [-0.15, -0.1) is 0 Å². The third kappa shape index (κ3) is 6.34. The zero-order chi connectivity index (χ0) is 21.2. The number of carbonyl (C=O) groups is 2. The molecule has 0 saturated carbocycles. The number of benzene rings is 3. The summed E-state index contributed by atoms with van der Waals surface area (Å²) in [6, 6.07) is 26.7. The zero-order valence-electron chi connectivity index (χ0n) is 16.7. The van der Waals surface area contributed by atoms with Gasteiger partial charge in [0.15, 0.2) is 0 Å². The summed E-state index contributed by atoms with van der Waals surface area (Å²) in [4.78, 5) is 24.0. The molecule has 3 aromatic rings. The van der Waals surface area contributed by atoms with Crippen LogP contribution in [-0.2, 0) is 16.0 Å². The topological polar surface area (TPSA) is 67.4 Å². The van der Waals surface area contributed by atoms with Gasteiger partial charge in [0, 0.05) is 11.8 Å². The van der Waals surface area contributed by atoms with Gasteiger partial charge in [0.05, 0.1) is 13.2 Å². The van der Waals surface area contributed by atoms with E-state index in [9.17, 15) is 9.59 Å². The van der Waals surface area contributed by atoms with Crippen molar-refractivity contribution < 1.29 is 14.3 Å². The lowest BCUT2D eigenvalue weighted by Gasteiger charge is -2.16. The molecular weight excluding hydrogens is 376 g/mol. The predicted octanol–water partition coefficient (Wildman–Crippen LogP) is 4.82. The number of esters is 1. The molecule has 0 bridgehead atoms. The standard InChI is InChI=1S/C25H24N2O3/c1-30-24(28)17-16-23(18-19-8-4-2-5-9-19)27-25(29)26-22-14-12-21(13-15-22)20-10-6-3-7-11-20/h2-17,23H,18H2,1H3,(H2,26,27,29)/t23-/m1/s1. The van der Waals surface area contributed by atoms with Crippen molar-refractivity contribution in [1.29, 1.82) is 0 Å². The summed E-state index contributed by atoms with van der Waals surface area (Å²) < 4.78 is 4.65. The number of hydrogen-bond donors (Lipinski definition) is 2. The second-order valence-corrected chi connectivity index (χ2v) is 6.72. The molecule has 0 saturated heterocycles. The van der Waals surface area contributed by atoms with Crippen molar-refractivity contribution in [2.75, 3.05) is 12.4 Å². The van der Waals surface area contributed by atoms with E-state index in [1.54, 1.807) is 6.08 Å². The van der Waals surface area contributed by atoms with E-state index in [0.717, 1.165) is 16.7 Å². The first-order valence-corrected chi connectivity index (χ1v) is 9.67. The van der Waals surface area contributed by atoms with Crippen molar-refractivity contribution in [3.8, 4) is 11.1 Å². The Morgan fingerprint density at radius 2 is 1.47 bits per heavy atom. The van der Waals surface area contributed by atoms with Gasteiger partial charge in [-0.1, -0.05) is 78.9 Å². The first kappa shape index (κ1) is 20.9. The van der Waals surface area contributed by atoms with E-state index in [-0.39, 0.29) is 12.1 Å². The Kier molecular flexibility index (Phi) is 7.39. The van der Waals surface area contributed by atoms with E-state index in [0.29, 0.717) is 12.1 Å². The minimum absolute atomic E-state index is 0.349. The van der Waals surface area contributed by atoms with Gasteiger partial charge < -0.3 is 15.4 Å². The Hall–Kier alpha value is -3.86. The van der Waals surface area contributed by atoms with Gasteiger partial charge in [0.2, 0.25) is 0 Å². The lowest BCUT2D eigenvalue weighted by molar-refractivity contribution is -0.134. The monoisotopic (exact) mass is 400 g/mol. The molecule has 0 spiro atoms. The number of nitrogens with one attached hydrogen (secondary N) is 2. The fourth-order valence-corrected chi connectivity index (χ4v) is 3.01. The minimum atomic E-state index is -0.466. The van der Waals surface area contributed by atoms with Crippen LogP contribution in [0.3, 0.4) is 0 Å². The van der Waals surface area contributed by atoms with Crippen molar-refractivity contribution in [3.63, 3.8) is 0 Å². The van der Waals surface area contributed by atoms with Gasteiger partial charge in [0.1, 0.15) is 0 Å². The molecule has 3 aromatic carbocycles. The lowest BCUT2D eigenvalue weighted by Crippen LogP contribution is -2.38. The third-order valence-electron chi connectivity index (χ3n) is 4.53.